The molecule has 0 aromatic rings. The van der Waals surface area contributed by atoms with Crippen LogP contribution in [0.5, 0.6) is 0 Å². The van der Waals surface area contributed by atoms with Crippen molar-refractivity contribution in [3.05, 3.63) is 0 Å². The molecule has 1 N–H and O–H groups in total. The Kier molecular flexibility index (Phi) is 6.96. The van der Waals surface area contributed by atoms with Crippen molar-refractivity contribution in [3.8, 4) is 0 Å². The highest BCUT2D eigenvalue weighted by molar-refractivity contribution is 5.81. The predicted octanol–water partition coefficient (Wildman–Crippen LogP) is 0.314. The Morgan fingerprint density at radius 3 is 2.27 bits per heavy atom. The molecule has 0 aromatic carbocycles. The monoisotopic (exact) mass is 217 g/mol. The van der Waals surface area contributed by atoms with Crippen molar-refractivity contribution in [1.29, 1.82) is 0 Å². The van der Waals surface area contributed by atoms with Gasteiger partial charge in [-0.2, -0.15) is 5.48 Å². The summed E-state index contributed by atoms with van der Waals surface area (Å²) in [5, 5.41) is 0. The molecule has 0 atom stereocenters. The van der Waals surface area contributed by atoms with Gasteiger partial charge in [-0.1, -0.05) is 6.92 Å². The quantitative estimate of drug-likeness (QED) is 0.529. The number of methoxy groups -OCH3 is 1. The first-order chi connectivity index (χ1) is 7.10. The van der Waals surface area contributed by atoms with Crippen molar-refractivity contribution in [2.24, 2.45) is 0 Å². The molecule has 0 unspecified atom stereocenters. The van der Waals surface area contributed by atoms with Crippen LogP contribution in [0.2, 0.25) is 0 Å². The number of hydrogen-bond donors (Lipinski definition) is 1. The Bertz CT molecular complexity index is 239. The van der Waals surface area contributed by atoms with Crippen molar-refractivity contribution in [2.45, 2.75) is 32.6 Å². The second kappa shape index (κ2) is 7.78. The van der Waals surface area contributed by atoms with Gasteiger partial charge in [0.2, 0.25) is 0 Å². The van der Waals surface area contributed by atoms with Crippen molar-refractivity contribution >= 4 is 17.8 Å². The summed E-state index contributed by atoms with van der Waals surface area (Å²) in [5.74, 6) is -1.50. The molecule has 0 rings (SSSR count). The van der Waals surface area contributed by atoms with E-state index in [1.807, 2.05) is 12.4 Å². The van der Waals surface area contributed by atoms with Crippen LogP contribution in [0.1, 0.15) is 32.6 Å². The summed E-state index contributed by atoms with van der Waals surface area (Å²) in [7, 11) is 1.24. The zero-order chi connectivity index (χ0) is 11.7. The van der Waals surface area contributed by atoms with Gasteiger partial charge in [0.05, 0.1) is 13.5 Å². The van der Waals surface area contributed by atoms with Crippen LogP contribution >= 0.6 is 0 Å². The number of amides is 1. The number of carbonyl (C=O) groups excluding carboxylic acids is 3. The minimum Gasteiger partial charge on any atom is -0.469 e. The first-order valence-corrected chi connectivity index (χ1v) is 4.65. The van der Waals surface area contributed by atoms with Crippen LogP contribution < -0.4 is 5.48 Å². The Balaban J connectivity index is 3.57. The molecular formula is C9H15NO5. The fraction of sp³-hybridized carbons (Fsp3) is 0.667. The number of carbonyl (C=O) groups is 3. The Hall–Kier alpha value is -1.59. The number of hydroxylamine groups is 1. The maximum Gasteiger partial charge on any atom is 0.332 e. The average Bonchev–Trinajstić information content (AvgIpc) is 2.23. The van der Waals surface area contributed by atoms with Gasteiger partial charge < -0.3 is 9.57 Å². The molecule has 6 heteroatoms. The van der Waals surface area contributed by atoms with Crippen LogP contribution in [0.15, 0.2) is 0 Å². The lowest BCUT2D eigenvalue weighted by Gasteiger charge is -2.04. The first kappa shape index (κ1) is 13.4. The lowest BCUT2D eigenvalue weighted by molar-refractivity contribution is -0.158. The maximum absolute atomic E-state index is 11.0. The van der Waals surface area contributed by atoms with Gasteiger partial charge in [-0.3, -0.25) is 9.59 Å². The smallest absolute Gasteiger partial charge is 0.332 e. The fourth-order valence-corrected chi connectivity index (χ4v) is 0.738. The minimum atomic E-state index is -0.523. The van der Waals surface area contributed by atoms with Gasteiger partial charge in [0.25, 0.3) is 5.91 Å². The van der Waals surface area contributed by atoms with Gasteiger partial charge in [-0.15, -0.1) is 0 Å². The summed E-state index contributed by atoms with van der Waals surface area (Å²) in [6, 6.07) is 0. The summed E-state index contributed by atoms with van der Waals surface area (Å²) < 4.78 is 4.34. The molecule has 15 heavy (non-hydrogen) atoms. The molecule has 0 aliphatic carbocycles. The third-order valence-electron chi connectivity index (χ3n) is 1.52. The van der Waals surface area contributed by atoms with Crippen molar-refractivity contribution in [1.82, 2.24) is 5.48 Å². The van der Waals surface area contributed by atoms with E-state index in [1.54, 1.807) is 0 Å². The van der Waals surface area contributed by atoms with E-state index in [0.717, 1.165) is 0 Å². The van der Waals surface area contributed by atoms with Gasteiger partial charge >= 0.3 is 11.9 Å². The van der Waals surface area contributed by atoms with E-state index in [-0.39, 0.29) is 19.3 Å². The third kappa shape index (κ3) is 7.48. The number of hydrogen-bond acceptors (Lipinski definition) is 5. The highest BCUT2D eigenvalue weighted by Gasteiger charge is 2.08. The van der Waals surface area contributed by atoms with Crippen LogP contribution in [-0.2, 0) is 24.0 Å². The third-order valence-corrected chi connectivity index (χ3v) is 1.52. The summed E-state index contributed by atoms with van der Waals surface area (Å²) in [6.45, 7) is 1.82. The van der Waals surface area contributed by atoms with Gasteiger partial charge in [0, 0.05) is 12.8 Å². The molecule has 6 nitrogen and oxygen atoms in total. The number of nitrogens with one attached hydrogen (secondary N) is 1. The lowest BCUT2D eigenvalue weighted by atomic mass is 10.3. The normalized spacial score (nSPS) is 9.20. The molecule has 0 fully saturated rings. The second-order valence-corrected chi connectivity index (χ2v) is 2.83. The summed E-state index contributed by atoms with van der Waals surface area (Å²) >= 11 is 0. The van der Waals surface area contributed by atoms with E-state index in [0.29, 0.717) is 6.42 Å². The Morgan fingerprint density at radius 2 is 1.73 bits per heavy atom. The van der Waals surface area contributed by atoms with E-state index >= 15 is 0 Å². The highest BCUT2D eigenvalue weighted by atomic mass is 16.7. The lowest BCUT2D eigenvalue weighted by Crippen LogP contribution is -2.27. The summed E-state index contributed by atoms with van der Waals surface area (Å²) in [6.07, 6.45) is 0.799. The van der Waals surface area contributed by atoms with E-state index in [9.17, 15) is 14.4 Å². The van der Waals surface area contributed by atoms with Gasteiger partial charge in [-0.05, 0) is 6.42 Å². The van der Waals surface area contributed by atoms with E-state index in [2.05, 4.69) is 9.57 Å². The van der Waals surface area contributed by atoms with Gasteiger partial charge in [0.1, 0.15) is 0 Å². The van der Waals surface area contributed by atoms with E-state index in [4.69, 9.17) is 0 Å². The second-order valence-electron chi connectivity index (χ2n) is 2.83. The predicted molar refractivity (Wildman–Crippen MR) is 50.4 cm³/mol. The molecule has 0 aliphatic rings. The molecule has 86 valence electrons. The zero-order valence-corrected chi connectivity index (χ0v) is 8.87. The number of ether oxygens (including phenoxy) is 1. The fourth-order valence-electron chi connectivity index (χ4n) is 0.738. The van der Waals surface area contributed by atoms with Gasteiger partial charge in [0.15, 0.2) is 0 Å². The van der Waals surface area contributed by atoms with E-state index < -0.39 is 17.8 Å². The van der Waals surface area contributed by atoms with Crippen molar-refractivity contribution < 1.29 is 24.0 Å². The number of esters is 1. The van der Waals surface area contributed by atoms with Crippen LogP contribution in [0.4, 0.5) is 0 Å². The van der Waals surface area contributed by atoms with Crippen LogP contribution in [0.3, 0.4) is 0 Å². The number of rotatable bonds is 5. The molecule has 0 aromatic heterocycles. The maximum atomic E-state index is 11.0. The molecule has 0 heterocycles. The standard InChI is InChI=1S/C9H15NO5/c1-3-4-9(13)15-10-7(11)5-6-8(12)14-2/h3-6H2,1-2H3,(H,10,11). The molecule has 0 radical (unpaired) electrons. The summed E-state index contributed by atoms with van der Waals surface area (Å²) in [5.41, 5.74) is 1.95. The molecular weight excluding hydrogens is 202 g/mol. The Labute approximate surface area is 87.9 Å². The molecule has 0 bridgehead atoms. The largest absolute Gasteiger partial charge is 0.469 e. The Morgan fingerprint density at radius 1 is 1.07 bits per heavy atom. The molecule has 1 amide bonds. The summed E-state index contributed by atoms with van der Waals surface area (Å²) in [4.78, 5) is 36.9. The van der Waals surface area contributed by atoms with Crippen LogP contribution in [0.25, 0.3) is 0 Å². The van der Waals surface area contributed by atoms with Gasteiger partial charge in [-0.25, -0.2) is 4.79 Å². The topological polar surface area (TPSA) is 81.7 Å². The molecule has 0 aliphatic heterocycles. The SMILES string of the molecule is CCCC(=O)ONC(=O)CCC(=O)OC. The highest BCUT2D eigenvalue weighted by Crippen LogP contribution is 1.93. The van der Waals surface area contributed by atoms with Crippen LogP contribution in [-0.4, -0.2) is 25.0 Å². The molecule has 0 saturated heterocycles. The van der Waals surface area contributed by atoms with E-state index in [1.165, 1.54) is 7.11 Å². The minimum absolute atomic E-state index is 0.0341. The van der Waals surface area contributed by atoms with Crippen molar-refractivity contribution in [3.63, 3.8) is 0 Å². The molecule has 0 spiro atoms. The molecule has 0 saturated carbocycles. The first-order valence-electron chi connectivity index (χ1n) is 4.65. The van der Waals surface area contributed by atoms with Crippen LogP contribution in [0, 0.1) is 0 Å². The zero-order valence-electron chi connectivity index (χ0n) is 8.87. The van der Waals surface area contributed by atoms with Crippen molar-refractivity contribution in [2.75, 3.05) is 7.11 Å². The average molecular weight is 217 g/mol.